The highest BCUT2D eigenvalue weighted by Crippen LogP contribution is 2.34. The molecule has 2 fully saturated rings. The molecule has 0 bridgehead atoms. The van der Waals surface area contributed by atoms with Crippen LogP contribution in [0, 0.1) is 0 Å². The molecule has 7 nitrogen and oxygen atoms in total. The maximum atomic E-state index is 12.8. The van der Waals surface area contributed by atoms with Gasteiger partial charge in [-0.05, 0) is 46.1 Å². The Labute approximate surface area is 136 Å². The van der Waals surface area contributed by atoms with Gasteiger partial charge in [0.2, 0.25) is 0 Å². The zero-order chi connectivity index (χ0) is 16.6. The van der Waals surface area contributed by atoms with Gasteiger partial charge in [0.1, 0.15) is 5.84 Å². The Morgan fingerprint density at radius 1 is 1.35 bits per heavy atom. The van der Waals surface area contributed by atoms with Crippen LogP contribution in [-0.2, 0) is 4.79 Å². The lowest BCUT2D eigenvalue weighted by Gasteiger charge is -2.44. The van der Waals surface area contributed by atoms with Crippen LogP contribution in [0.25, 0.3) is 0 Å². The predicted octanol–water partition coefficient (Wildman–Crippen LogP) is 1.24. The van der Waals surface area contributed by atoms with E-state index in [2.05, 4.69) is 4.90 Å². The second kappa shape index (κ2) is 6.11. The maximum absolute atomic E-state index is 12.8. The first-order chi connectivity index (χ1) is 11.0. The summed E-state index contributed by atoms with van der Waals surface area (Å²) in [6.45, 7) is 7.40. The fraction of sp³-hybridized carbons (Fsp3) is 0.812. The molecular formula is C16H26N4O3. The quantitative estimate of drug-likeness (QED) is 0.830. The Kier molecular flexibility index (Phi) is 4.31. The number of hydrogen-bond donors (Lipinski definition) is 1. The first-order valence-electron chi connectivity index (χ1n) is 8.57. The van der Waals surface area contributed by atoms with E-state index >= 15 is 0 Å². The maximum Gasteiger partial charge on any atom is 0.407 e. The van der Waals surface area contributed by atoms with Gasteiger partial charge in [-0.1, -0.05) is 0 Å². The van der Waals surface area contributed by atoms with Crippen molar-refractivity contribution in [3.63, 3.8) is 0 Å². The second-order valence-corrected chi connectivity index (χ2v) is 6.81. The van der Waals surface area contributed by atoms with Gasteiger partial charge >= 0.3 is 6.09 Å². The van der Waals surface area contributed by atoms with Crippen molar-refractivity contribution in [2.75, 3.05) is 32.7 Å². The third-order valence-electron chi connectivity index (χ3n) is 5.48. The summed E-state index contributed by atoms with van der Waals surface area (Å²) in [7, 11) is 0. The van der Waals surface area contributed by atoms with Gasteiger partial charge < -0.3 is 10.0 Å². The first kappa shape index (κ1) is 16.2. The Bertz CT molecular complexity index is 527. The fourth-order valence-electron chi connectivity index (χ4n) is 4.26. The number of amidine groups is 1. The second-order valence-electron chi connectivity index (χ2n) is 6.81. The largest absolute Gasteiger partial charge is 0.465 e. The van der Waals surface area contributed by atoms with Crippen LogP contribution in [-0.4, -0.2) is 81.9 Å². The normalized spacial score (nSPS) is 30.2. The lowest BCUT2D eigenvalue weighted by Crippen LogP contribution is -2.57. The highest BCUT2D eigenvalue weighted by atomic mass is 16.4. The van der Waals surface area contributed by atoms with Crippen molar-refractivity contribution >= 4 is 17.8 Å². The van der Waals surface area contributed by atoms with Crippen LogP contribution in [0.2, 0.25) is 0 Å². The van der Waals surface area contributed by atoms with Crippen molar-refractivity contribution in [3.05, 3.63) is 0 Å². The number of amides is 2. The minimum absolute atomic E-state index is 0.144. The molecular weight excluding hydrogens is 296 g/mol. The number of carbonyl (C=O) groups excluding carboxylic acids is 1. The topological polar surface area (TPSA) is 76.5 Å². The number of carboxylic acid groups (broad SMARTS) is 1. The van der Waals surface area contributed by atoms with Gasteiger partial charge in [-0.15, -0.1) is 0 Å². The molecule has 0 aromatic carbocycles. The molecule has 2 saturated heterocycles. The van der Waals surface area contributed by atoms with E-state index in [1.165, 1.54) is 4.90 Å². The van der Waals surface area contributed by atoms with E-state index in [1.54, 1.807) is 4.90 Å². The molecule has 3 aliphatic rings. The van der Waals surface area contributed by atoms with Crippen LogP contribution >= 0.6 is 0 Å². The summed E-state index contributed by atoms with van der Waals surface area (Å²) in [5.74, 6) is 0.977. The lowest BCUT2D eigenvalue weighted by molar-refractivity contribution is -0.133. The molecule has 2 amide bonds. The summed E-state index contributed by atoms with van der Waals surface area (Å²) in [5.41, 5.74) is -0.595. The molecule has 1 N–H and O–H groups in total. The van der Waals surface area contributed by atoms with Crippen LogP contribution in [0.5, 0.6) is 0 Å². The van der Waals surface area contributed by atoms with Gasteiger partial charge in [-0.2, -0.15) is 0 Å². The van der Waals surface area contributed by atoms with E-state index in [-0.39, 0.29) is 5.91 Å². The highest BCUT2D eigenvalue weighted by Gasteiger charge is 2.49. The summed E-state index contributed by atoms with van der Waals surface area (Å²) in [5, 5.41) is 9.07. The number of piperidine rings is 2. The number of nitrogens with zero attached hydrogens (tertiary/aromatic N) is 4. The summed E-state index contributed by atoms with van der Waals surface area (Å²) in [6, 6.07) is 0.363. The molecule has 0 aromatic heterocycles. The lowest BCUT2D eigenvalue weighted by atomic mass is 9.87. The van der Waals surface area contributed by atoms with Crippen LogP contribution in [0.4, 0.5) is 4.79 Å². The minimum Gasteiger partial charge on any atom is -0.465 e. The molecule has 3 heterocycles. The number of likely N-dealkylation sites (N-methyl/N-ethyl adjacent to an activating group) is 1. The molecule has 0 aromatic rings. The van der Waals surface area contributed by atoms with Crippen molar-refractivity contribution in [3.8, 4) is 0 Å². The van der Waals surface area contributed by atoms with E-state index in [0.717, 1.165) is 38.1 Å². The SMILES string of the molecule is CCN1C(=O)C2(CCCN(C3CCN(C(=O)O)CC3)C2)N=C1C. The van der Waals surface area contributed by atoms with Crippen molar-refractivity contribution in [2.45, 2.75) is 51.1 Å². The average Bonchev–Trinajstić information content (AvgIpc) is 2.77. The van der Waals surface area contributed by atoms with E-state index in [0.29, 0.717) is 32.2 Å². The molecule has 0 aliphatic carbocycles. The van der Waals surface area contributed by atoms with Crippen molar-refractivity contribution in [1.29, 1.82) is 0 Å². The molecule has 3 rings (SSSR count). The molecule has 0 saturated carbocycles. The Morgan fingerprint density at radius 3 is 2.61 bits per heavy atom. The van der Waals surface area contributed by atoms with Gasteiger partial charge in [0.25, 0.3) is 5.91 Å². The van der Waals surface area contributed by atoms with E-state index in [1.807, 2.05) is 13.8 Å². The van der Waals surface area contributed by atoms with E-state index < -0.39 is 11.6 Å². The van der Waals surface area contributed by atoms with Gasteiger partial charge in [-0.25, -0.2) is 4.79 Å². The van der Waals surface area contributed by atoms with Crippen LogP contribution in [0.1, 0.15) is 39.5 Å². The smallest absolute Gasteiger partial charge is 0.407 e. The number of rotatable bonds is 2. The van der Waals surface area contributed by atoms with Crippen LogP contribution in [0.15, 0.2) is 4.99 Å². The average molecular weight is 322 g/mol. The fourth-order valence-corrected chi connectivity index (χ4v) is 4.26. The Balaban J connectivity index is 1.68. The predicted molar refractivity (Wildman–Crippen MR) is 86.7 cm³/mol. The minimum atomic E-state index is -0.830. The standard InChI is InChI=1S/C16H26N4O3/c1-3-20-12(2)17-16(14(20)21)7-4-8-19(11-16)13-5-9-18(10-6-13)15(22)23/h13H,3-11H2,1-2H3,(H,22,23). The van der Waals surface area contributed by atoms with E-state index in [4.69, 9.17) is 10.1 Å². The summed E-state index contributed by atoms with van der Waals surface area (Å²) in [6.07, 6.45) is 2.65. The van der Waals surface area contributed by atoms with Crippen molar-refractivity contribution < 1.29 is 14.7 Å². The Hall–Kier alpha value is -1.63. The summed E-state index contributed by atoms with van der Waals surface area (Å²) >= 11 is 0. The van der Waals surface area contributed by atoms with E-state index in [9.17, 15) is 9.59 Å². The molecule has 0 radical (unpaired) electrons. The first-order valence-corrected chi connectivity index (χ1v) is 8.57. The molecule has 1 unspecified atom stereocenters. The monoisotopic (exact) mass is 322 g/mol. The molecule has 23 heavy (non-hydrogen) atoms. The molecule has 1 spiro atoms. The molecule has 7 heteroatoms. The van der Waals surface area contributed by atoms with Crippen LogP contribution < -0.4 is 0 Å². The van der Waals surface area contributed by atoms with Crippen molar-refractivity contribution in [2.24, 2.45) is 4.99 Å². The third kappa shape index (κ3) is 2.82. The Morgan fingerprint density at radius 2 is 2.04 bits per heavy atom. The number of carbonyl (C=O) groups is 2. The molecule has 3 aliphatic heterocycles. The van der Waals surface area contributed by atoms with Gasteiger partial charge in [0.05, 0.1) is 0 Å². The van der Waals surface area contributed by atoms with Gasteiger partial charge in [-0.3, -0.25) is 19.6 Å². The summed E-state index contributed by atoms with van der Waals surface area (Å²) in [4.78, 5) is 34.2. The van der Waals surface area contributed by atoms with Crippen LogP contribution in [0.3, 0.4) is 0 Å². The number of hydrogen-bond acceptors (Lipinski definition) is 4. The summed E-state index contributed by atoms with van der Waals surface area (Å²) < 4.78 is 0. The van der Waals surface area contributed by atoms with Gasteiger partial charge in [0.15, 0.2) is 5.54 Å². The zero-order valence-corrected chi connectivity index (χ0v) is 14.0. The zero-order valence-electron chi connectivity index (χ0n) is 14.0. The number of likely N-dealkylation sites (tertiary alicyclic amines) is 2. The highest BCUT2D eigenvalue weighted by molar-refractivity contribution is 6.07. The molecule has 1 atom stereocenters. The van der Waals surface area contributed by atoms with Gasteiger partial charge in [0, 0.05) is 32.2 Å². The number of aliphatic imine (C=N–C) groups is 1. The third-order valence-corrected chi connectivity index (χ3v) is 5.48. The van der Waals surface area contributed by atoms with Crippen molar-refractivity contribution in [1.82, 2.24) is 14.7 Å². The molecule has 128 valence electrons.